The molecule has 0 aliphatic carbocycles. The number of nitrogens with one attached hydrogen (secondary N) is 1. The molecular formula is C7H16BN. The van der Waals surface area contributed by atoms with Crippen LogP contribution in [-0.4, -0.2) is 14.3 Å². The van der Waals surface area contributed by atoms with Crippen LogP contribution in [0.5, 0.6) is 0 Å². The van der Waals surface area contributed by atoms with Gasteiger partial charge in [-0.15, -0.1) is 0 Å². The van der Waals surface area contributed by atoms with E-state index in [4.69, 9.17) is 0 Å². The lowest BCUT2D eigenvalue weighted by Crippen LogP contribution is -2.19. The highest BCUT2D eigenvalue weighted by molar-refractivity contribution is 6.48. The Labute approximate surface area is 58.8 Å². The molecule has 2 heteroatoms. The van der Waals surface area contributed by atoms with Gasteiger partial charge < -0.3 is 5.32 Å². The molecular weight excluding hydrogens is 109 g/mol. The molecule has 0 saturated heterocycles. The van der Waals surface area contributed by atoms with Crippen molar-refractivity contribution in [3.8, 4) is 0 Å². The Morgan fingerprint density at radius 3 is 2.00 bits per heavy atom. The molecule has 0 saturated carbocycles. The van der Waals surface area contributed by atoms with E-state index in [1.807, 2.05) is 7.05 Å². The average Bonchev–Trinajstić information content (AvgIpc) is 1.62. The van der Waals surface area contributed by atoms with Crippen molar-refractivity contribution in [1.29, 1.82) is 0 Å². The molecule has 0 aliphatic heterocycles. The van der Waals surface area contributed by atoms with Crippen LogP contribution in [0.3, 0.4) is 0 Å². The van der Waals surface area contributed by atoms with Crippen LogP contribution in [-0.2, 0) is 0 Å². The van der Waals surface area contributed by atoms with Gasteiger partial charge in [0.15, 0.2) is 7.28 Å². The lowest BCUT2D eigenvalue weighted by Gasteiger charge is -2.17. The van der Waals surface area contributed by atoms with E-state index in [2.05, 4.69) is 32.7 Å². The van der Waals surface area contributed by atoms with Gasteiger partial charge in [-0.3, -0.25) is 0 Å². The first kappa shape index (κ1) is 8.60. The van der Waals surface area contributed by atoms with Crippen molar-refractivity contribution >= 4 is 7.28 Å². The first-order chi connectivity index (χ1) is 3.95. The highest BCUT2D eigenvalue weighted by Gasteiger charge is 2.12. The molecule has 0 spiro atoms. The Hall–Kier alpha value is -0.395. The van der Waals surface area contributed by atoms with Crippen LogP contribution < -0.4 is 5.32 Å². The highest BCUT2D eigenvalue weighted by atomic mass is 14.8. The molecule has 0 heterocycles. The third-order valence-corrected chi connectivity index (χ3v) is 1.10. The molecule has 0 aromatic heterocycles. The summed E-state index contributed by atoms with van der Waals surface area (Å²) in [5, 5.41) is 3.39. The molecule has 52 valence electrons. The standard InChI is InChI=1S/C7H16BN/c1-6(9-5)8-7(2,3)4/h8-9H,1H2,2-5H3. The first-order valence-corrected chi connectivity index (χ1v) is 3.31. The normalized spacial score (nSPS) is 10.7. The molecule has 1 nitrogen and oxygen atoms in total. The summed E-state index contributed by atoms with van der Waals surface area (Å²) >= 11 is 0. The molecule has 0 unspecified atom stereocenters. The molecule has 0 amide bonds. The molecule has 0 atom stereocenters. The van der Waals surface area contributed by atoms with Crippen molar-refractivity contribution in [3.63, 3.8) is 0 Å². The van der Waals surface area contributed by atoms with Crippen molar-refractivity contribution in [2.75, 3.05) is 7.05 Å². The van der Waals surface area contributed by atoms with Gasteiger partial charge in [0, 0.05) is 7.05 Å². The molecule has 0 bridgehead atoms. The Balaban J connectivity index is 3.60. The van der Waals surface area contributed by atoms with Gasteiger partial charge in [-0.1, -0.05) is 32.7 Å². The third kappa shape index (κ3) is 5.48. The number of rotatable bonds is 2. The van der Waals surface area contributed by atoms with Crippen LogP contribution in [0.4, 0.5) is 0 Å². The second-order valence-electron chi connectivity index (χ2n) is 3.59. The third-order valence-electron chi connectivity index (χ3n) is 1.10. The summed E-state index contributed by atoms with van der Waals surface area (Å²) in [6, 6.07) is 0. The van der Waals surface area contributed by atoms with Gasteiger partial charge >= 0.3 is 0 Å². The molecule has 1 N–H and O–H groups in total. The minimum absolute atomic E-state index is 0.361. The van der Waals surface area contributed by atoms with Gasteiger partial charge in [-0.25, -0.2) is 0 Å². The number of hydrogen-bond donors (Lipinski definition) is 1. The lowest BCUT2D eigenvalue weighted by molar-refractivity contribution is 0.752. The fraction of sp³-hybridized carbons (Fsp3) is 0.714. The van der Waals surface area contributed by atoms with Crippen molar-refractivity contribution in [3.05, 3.63) is 12.2 Å². The van der Waals surface area contributed by atoms with Crippen LogP contribution in [0.2, 0.25) is 5.31 Å². The van der Waals surface area contributed by atoms with E-state index in [0.29, 0.717) is 5.31 Å². The van der Waals surface area contributed by atoms with Crippen LogP contribution in [0, 0.1) is 0 Å². The summed E-state index contributed by atoms with van der Waals surface area (Å²) in [6.45, 7) is 10.5. The minimum atomic E-state index is 0.361. The highest BCUT2D eigenvalue weighted by Crippen LogP contribution is 2.21. The zero-order valence-electron chi connectivity index (χ0n) is 6.91. The maximum Gasteiger partial charge on any atom is 0.183 e. The van der Waals surface area contributed by atoms with E-state index >= 15 is 0 Å². The van der Waals surface area contributed by atoms with Crippen molar-refractivity contribution in [2.24, 2.45) is 0 Å². The maximum absolute atomic E-state index is 3.85. The Morgan fingerprint density at radius 1 is 1.44 bits per heavy atom. The molecule has 0 aromatic rings. The van der Waals surface area contributed by atoms with Crippen LogP contribution in [0.1, 0.15) is 20.8 Å². The van der Waals surface area contributed by atoms with E-state index < -0.39 is 0 Å². The second kappa shape index (κ2) is 2.95. The summed E-state index contributed by atoms with van der Waals surface area (Å²) in [5.74, 6) is 0. The summed E-state index contributed by atoms with van der Waals surface area (Å²) < 4.78 is 0. The molecule has 0 rings (SSSR count). The average molecular weight is 125 g/mol. The minimum Gasteiger partial charge on any atom is -0.400 e. The largest absolute Gasteiger partial charge is 0.400 e. The van der Waals surface area contributed by atoms with Gasteiger partial charge in [0.1, 0.15) is 0 Å². The Kier molecular flexibility index (Phi) is 2.82. The topological polar surface area (TPSA) is 12.0 Å². The Morgan fingerprint density at radius 2 is 1.89 bits per heavy atom. The zero-order valence-corrected chi connectivity index (χ0v) is 6.91. The summed E-state index contributed by atoms with van der Waals surface area (Å²) in [4.78, 5) is 0. The zero-order chi connectivity index (χ0) is 7.49. The quantitative estimate of drug-likeness (QED) is 0.549. The van der Waals surface area contributed by atoms with E-state index in [1.54, 1.807) is 0 Å². The predicted molar refractivity (Wildman–Crippen MR) is 45.1 cm³/mol. The van der Waals surface area contributed by atoms with Crippen molar-refractivity contribution in [1.82, 2.24) is 5.32 Å². The van der Waals surface area contributed by atoms with E-state index in [0.717, 1.165) is 12.9 Å². The molecule has 0 aliphatic rings. The van der Waals surface area contributed by atoms with Gasteiger partial charge in [0.2, 0.25) is 0 Å². The van der Waals surface area contributed by atoms with E-state index in [1.165, 1.54) is 0 Å². The van der Waals surface area contributed by atoms with Gasteiger partial charge in [-0.2, -0.15) is 0 Å². The lowest BCUT2D eigenvalue weighted by atomic mass is 9.53. The molecule has 0 fully saturated rings. The van der Waals surface area contributed by atoms with Gasteiger partial charge in [-0.05, 0) is 5.60 Å². The summed E-state index contributed by atoms with van der Waals surface area (Å²) in [7, 11) is 2.96. The van der Waals surface area contributed by atoms with E-state index in [-0.39, 0.29) is 0 Å². The SMILES string of the molecule is C=C(BC(C)(C)C)NC. The molecule has 9 heavy (non-hydrogen) atoms. The molecule has 0 aromatic carbocycles. The van der Waals surface area contributed by atoms with E-state index in [9.17, 15) is 0 Å². The monoisotopic (exact) mass is 125 g/mol. The summed E-state index contributed by atoms with van der Waals surface area (Å²) in [5.41, 5.74) is 1.11. The predicted octanol–water partition coefficient (Wildman–Crippen LogP) is 1.33. The second-order valence-corrected chi connectivity index (χ2v) is 3.59. The van der Waals surface area contributed by atoms with Crippen LogP contribution in [0.25, 0.3) is 0 Å². The summed E-state index contributed by atoms with van der Waals surface area (Å²) in [6.07, 6.45) is 0. The van der Waals surface area contributed by atoms with Crippen molar-refractivity contribution in [2.45, 2.75) is 26.1 Å². The molecule has 0 radical (unpaired) electrons. The fourth-order valence-corrected chi connectivity index (χ4v) is 0.729. The first-order valence-electron chi connectivity index (χ1n) is 3.31. The van der Waals surface area contributed by atoms with Gasteiger partial charge in [0.25, 0.3) is 0 Å². The Bertz CT molecular complexity index is 102. The van der Waals surface area contributed by atoms with Crippen LogP contribution in [0.15, 0.2) is 12.2 Å². The smallest absolute Gasteiger partial charge is 0.183 e. The van der Waals surface area contributed by atoms with Crippen LogP contribution >= 0.6 is 0 Å². The number of hydrogen-bond acceptors (Lipinski definition) is 1. The fourth-order valence-electron chi connectivity index (χ4n) is 0.729. The maximum atomic E-state index is 3.85. The van der Waals surface area contributed by atoms with Crippen molar-refractivity contribution < 1.29 is 0 Å². The van der Waals surface area contributed by atoms with Gasteiger partial charge in [0.05, 0.1) is 0 Å².